The summed E-state index contributed by atoms with van der Waals surface area (Å²) in [7, 11) is 1.48. The molecule has 2 aromatic rings. The molecule has 32 heavy (non-hydrogen) atoms. The molecule has 0 atom stereocenters. The third-order valence-corrected chi connectivity index (χ3v) is 5.66. The van der Waals surface area contributed by atoms with Gasteiger partial charge in [-0.15, -0.1) is 6.58 Å². The monoisotopic (exact) mass is 452 g/mol. The first kappa shape index (κ1) is 23.1. The molecular weight excluding hydrogens is 428 g/mol. The van der Waals surface area contributed by atoms with Gasteiger partial charge in [0.2, 0.25) is 0 Å². The predicted octanol–water partition coefficient (Wildman–Crippen LogP) is 4.40. The van der Waals surface area contributed by atoms with Crippen molar-refractivity contribution in [2.75, 3.05) is 13.7 Å². The van der Waals surface area contributed by atoms with Gasteiger partial charge in [0.15, 0.2) is 23.3 Å². The number of thioether (sulfide) groups is 1. The molecule has 1 fully saturated rings. The molecule has 0 unspecified atom stereocenters. The summed E-state index contributed by atoms with van der Waals surface area (Å²) < 4.78 is 10.8. The molecule has 0 aromatic heterocycles. The number of carboxylic acid groups (broad SMARTS) is 1. The molecule has 0 aliphatic carbocycles. The number of nitrogens with zero attached hydrogens (tertiary/aromatic N) is 1. The molecular formula is C24H24N2O5S. The van der Waals surface area contributed by atoms with Crippen molar-refractivity contribution in [1.29, 1.82) is 0 Å². The van der Waals surface area contributed by atoms with E-state index in [1.807, 2.05) is 38.1 Å². The standard InChI is InChI=1S/C24H24N2O5S/c1-5-6-17-10-16(11-19(30-4)22(17)31-13-21(27)28)12-20-23(29)26-24(32-20)25-18-8-7-14(2)15(3)9-18/h5,7-12H,1,6,13H2,2-4H3,(H,27,28)(H,25,26,29)/b20-12-. The number of methoxy groups -OCH3 is 1. The lowest BCUT2D eigenvalue weighted by Crippen LogP contribution is -2.19. The van der Waals surface area contributed by atoms with Gasteiger partial charge in [0.1, 0.15) is 0 Å². The normalized spacial score (nSPS) is 15.7. The lowest BCUT2D eigenvalue weighted by atomic mass is 10.0. The number of benzene rings is 2. The van der Waals surface area contributed by atoms with Crippen LogP contribution in [0.1, 0.15) is 22.3 Å². The summed E-state index contributed by atoms with van der Waals surface area (Å²) in [4.78, 5) is 28.4. The van der Waals surface area contributed by atoms with E-state index in [9.17, 15) is 9.59 Å². The Morgan fingerprint density at radius 1 is 1.25 bits per heavy atom. The SMILES string of the molecule is C=CCc1cc(/C=C2\SC(=Nc3ccc(C)c(C)c3)NC2=O)cc(OC)c1OCC(=O)O. The van der Waals surface area contributed by atoms with Gasteiger partial charge in [0, 0.05) is 5.56 Å². The van der Waals surface area contributed by atoms with E-state index >= 15 is 0 Å². The molecule has 0 spiro atoms. The van der Waals surface area contributed by atoms with E-state index in [1.165, 1.54) is 24.4 Å². The fourth-order valence-electron chi connectivity index (χ4n) is 3.07. The van der Waals surface area contributed by atoms with Crippen LogP contribution in [0.2, 0.25) is 0 Å². The molecule has 8 heteroatoms. The summed E-state index contributed by atoms with van der Waals surface area (Å²) in [5, 5.41) is 12.2. The van der Waals surface area contributed by atoms with Crippen molar-refractivity contribution < 1.29 is 24.2 Å². The first-order chi connectivity index (χ1) is 15.3. The molecule has 3 rings (SSSR count). The van der Waals surface area contributed by atoms with Crippen LogP contribution in [0.5, 0.6) is 11.5 Å². The highest BCUT2D eigenvalue weighted by Crippen LogP contribution is 2.36. The second-order valence-corrected chi connectivity index (χ2v) is 8.17. The number of allylic oxidation sites excluding steroid dienone is 1. The summed E-state index contributed by atoms with van der Waals surface area (Å²) in [6.45, 7) is 7.30. The van der Waals surface area contributed by atoms with Crippen LogP contribution < -0.4 is 14.8 Å². The zero-order valence-electron chi connectivity index (χ0n) is 18.1. The Morgan fingerprint density at radius 2 is 2.03 bits per heavy atom. The number of aryl methyl sites for hydroxylation is 2. The van der Waals surface area contributed by atoms with Crippen LogP contribution in [0.15, 0.2) is 52.9 Å². The summed E-state index contributed by atoms with van der Waals surface area (Å²) in [6.07, 6.45) is 3.87. The molecule has 1 heterocycles. The van der Waals surface area contributed by atoms with Crippen LogP contribution in [-0.4, -0.2) is 35.9 Å². The van der Waals surface area contributed by atoms with E-state index in [0.717, 1.165) is 11.3 Å². The van der Waals surface area contributed by atoms with Gasteiger partial charge in [-0.25, -0.2) is 9.79 Å². The van der Waals surface area contributed by atoms with Crippen molar-refractivity contribution >= 4 is 40.6 Å². The molecule has 2 N–H and O–H groups in total. The third-order valence-electron chi connectivity index (χ3n) is 4.75. The Hall–Kier alpha value is -3.52. The number of hydrogen-bond acceptors (Lipinski definition) is 6. The highest BCUT2D eigenvalue weighted by Gasteiger charge is 2.24. The number of amides is 1. The number of nitrogens with one attached hydrogen (secondary N) is 1. The quantitative estimate of drug-likeness (QED) is 0.455. The topological polar surface area (TPSA) is 97.2 Å². The molecule has 0 radical (unpaired) electrons. The number of carboxylic acids is 1. The highest BCUT2D eigenvalue weighted by atomic mass is 32.2. The number of ether oxygens (including phenoxy) is 2. The van der Waals surface area contributed by atoms with Gasteiger partial charge in [-0.05, 0) is 79.1 Å². The number of amidine groups is 1. The number of hydrogen-bond donors (Lipinski definition) is 2. The summed E-state index contributed by atoms with van der Waals surface area (Å²) in [5.41, 5.74) is 4.50. The van der Waals surface area contributed by atoms with Crippen LogP contribution in [0.4, 0.5) is 5.69 Å². The average molecular weight is 453 g/mol. The molecule has 1 amide bonds. The second kappa shape index (κ2) is 10.2. The van der Waals surface area contributed by atoms with Crippen molar-refractivity contribution in [1.82, 2.24) is 5.32 Å². The number of aliphatic carboxylic acids is 1. The van der Waals surface area contributed by atoms with Crippen molar-refractivity contribution in [2.24, 2.45) is 4.99 Å². The summed E-state index contributed by atoms with van der Waals surface area (Å²) in [6, 6.07) is 9.39. The van der Waals surface area contributed by atoms with Crippen LogP contribution in [-0.2, 0) is 16.0 Å². The van der Waals surface area contributed by atoms with Gasteiger partial charge in [-0.1, -0.05) is 12.1 Å². The molecule has 1 saturated heterocycles. The van der Waals surface area contributed by atoms with Gasteiger partial charge >= 0.3 is 5.97 Å². The third kappa shape index (κ3) is 5.59. The lowest BCUT2D eigenvalue weighted by Gasteiger charge is -2.14. The summed E-state index contributed by atoms with van der Waals surface area (Å²) in [5.74, 6) is -0.604. The van der Waals surface area contributed by atoms with Crippen LogP contribution in [0, 0.1) is 13.8 Å². The minimum atomic E-state index is -1.09. The number of rotatable bonds is 8. The maximum absolute atomic E-state index is 12.5. The maximum atomic E-state index is 12.5. The van der Waals surface area contributed by atoms with Crippen LogP contribution in [0.3, 0.4) is 0 Å². The minimum Gasteiger partial charge on any atom is -0.493 e. The Morgan fingerprint density at radius 3 is 2.69 bits per heavy atom. The van der Waals surface area contributed by atoms with E-state index in [1.54, 1.807) is 18.2 Å². The number of carbonyl (C=O) groups is 2. The maximum Gasteiger partial charge on any atom is 0.341 e. The van der Waals surface area contributed by atoms with Crippen molar-refractivity contribution in [3.8, 4) is 11.5 Å². The zero-order chi connectivity index (χ0) is 23.3. The van der Waals surface area contributed by atoms with E-state index in [4.69, 9.17) is 14.6 Å². The fraction of sp³-hybridized carbons (Fsp3) is 0.208. The van der Waals surface area contributed by atoms with Crippen LogP contribution in [0.25, 0.3) is 6.08 Å². The molecule has 1 aliphatic rings. The largest absolute Gasteiger partial charge is 0.493 e. The molecule has 166 valence electrons. The first-order valence-corrected chi connectivity index (χ1v) is 10.7. The summed E-state index contributed by atoms with van der Waals surface area (Å²) >= 11 is 1.25. The Labute approximate surface area is 190 Å². The Kier molecular flexibility index (Phi) is 7.37. The molecule has 0 saturated carbocycles. The van der Waals surface area contributed by atoms with E-state index < -0.39 is 12.6 Å². The molecule has 2 aromatic carbocycles. The molecule has 7 nitrogen and oxygen atoms in total. The van der Waals surface area contributed by atoms with Gasteiger partial charge in [0.25, 0.3) is 5.91 Å². The van der Waals surface area contributed by atoms with Crippen molar-refractivity contribution in [3.63, 3.8) is 0 Å². The van der Waals surface area contributed by atoms with Gasteiger partial charge in [0.05, 0.1) is 17.7 Å². The number of carbonyl (C=O) groups excluding carboxylic acids is 1. The second-order valence-electron chi connectivity index (χ2n) is 7.14. The average Bonchev–Trinajstić information content (AvgIpc) is 3.08. The lowest BCUT2D eigenvalue weighted by molar-refractivity contribution is -0.139. The minimum absolute atomic E-state index is 0.243. The van der Waals surface area contributed by atoms with E-state index in [0.29, 0.717) is 39.1 Å². The van der Waals surface area contributed by atoms with Gasteiger partial charge < -0.3 is 19.9 Å². The highest BCUT2D eigenvalue weighted by molar-refractivity contribution is 8.18. The van der Waals surface area contributed by atoms with E-state index in [2.05, 4.69) is 16.9 Å². The predicted molar refractivity (Wildman–Crippen MR) is 127 cm³/mol. The number of aliphatic imine (C=N–C) groups is 1. The molecule has 0 bridgehead atoms. The fourth-order valence-corrected chi connectivity index (χ4v) is 3.91. The van der Waals surface area contributed by atoms with E-state index in [-0.39, 0.29) is 5.91 Å². The van der Waals surface area contributed by atoms with Crippen molar-refractivity contribution in [2.45, 2.75) is 20.3 Å². The van der Waals surface area contributed by atoms with Gasteiger partial charge in [-0.2, -0.15) is 0 Å². The zero-order valence-corrected chi connectivity index (χ0v) is 18.9. The first-order valence-electron chi connectivity index (χ1n) is 9.84. The Bertz CT molecular complexity index is 1140. The molecule has 1 aliphatic heterocycles. The van der Waals surface area contributed by atoms with Crippen LogP contribution >= 0.6 is 11.8 Å². The van der Waals surface area contributed by atoms with Gasteiger partial charge in [-0.3, -0.25) is 4.79 Å². The van der Waals surface area contributed by atoms with Crippen molar-refractivity contribution in [3.05, 3.63) is 70.1 Å². The smallest absolute Gasteiger partial charge is 0.341 e. The Balaban J connectivity index is 1.91.